The van der Waals surface area contributed by atoms with E-state index in [9.17, 15) is 14.7 Å². The third-order valence-electron chi connectivity index (χ3n) is 4.57. The predicted octanol–water partition coefficient (Wildman–Crippen LogP) is -0.886. The Labute approximate surface area is 121 Å². The van der Waals surface area contributed by atoms with E-state index in [0.29, 0.717) is 13.1 Å². The Morgan fingerprint density at radius 2 is 2.24 bits per heavy atom. The standard InChI is InChI=1S/C15H14N2O4/c18-13-12-11(14(19)20)10-1-4-15(12,21-10)8-17(13)7-9-2-5-16-6-3-9/h1-6,10-12H,7-8H2,(H,19,20)/p-1/t10-,11+,12-,15+/m0/s1. The number of amides is 1. The van der Waals surface area contributed by atoms with Gasteiger partial charge in [-0.15, -0.1) is 0 Å². The highest BCUT2D eigenvalue weighted by Gasteiger charge is 2.65. The molecule has 0 radical (unpaired) electrons. The first-order valence-corrected chi connectivity index (χ1v) is 6.86. The summed E-state index contributed by atoms with van der Waals surface area (Å²) in [5.41, 5.74) is 0.165. The number of hydrogen-bond acceptors (Lipinski definition) is 5. The van der Waals surface area contributed by atoms with E-state index in [2.05, 4.69) is 4.98 Å². The van der Waals surface area contributed by atoms with Crippen LogP contribution in [0.3, 0.4) is 0 Å². The predicted molar refractivity (Wildman–Crippen MR) is 68.4 cm³/mol. The van der Waals surface area contributed by atoms with Crippen LogP contribution >= 0.6 is 0 Å². The number of pyridine rings is 1. The average Bonchev–Trinajstić information content (AvgIpc) is 3.09. The Morgan fingerprint density at radius 1 is 1.48 bits per heavy atom. The highest BCUT2D eigenvalue weighted by Crippen LogP contribution is 2.51. The second-order valence-electron chi connectivity index (χ2n) is 5.77. The van der Waals surface area contributed by atoms with Gasteiger partial charge in [0.25, 0.3) is 0 Å². The fraction of sp³-hybridized carbons (Fsp3) is 0.400. The van der Waals surface area contributed by atoms with Crippen molar-refractivity contribution in [1.82, 2.24) is 9.88 Å². The minimum atomic E-state index is -1.21. The van der Waals surface area contributed by atoms with Crippen molar-refractivity contribution in [1.29, 1.82) is 0 Å². The molecule has 1 spiro atoms. The summed E-state index contributed by atoms with van der Waals surface area (Å²) < 4.78 is 5.79. The van der Waals surface area contributed by atoms with E-state index in [4.69, 9.17) is 4.74 Å². The van der Waals surface area contributed by atoms with Gasteiger partial charge in [-0.1, -0.05) is 12.2 Å². The lowest BCUT2D eigenvalue weighted by molar-refractivity contribution is -0.313. The monoisotopic (exact) mass is 285 g/mol. The lowest BCUT2D eigenvalue weighted by Gasteiger charge is -2.24. The first-order valence-electron chi connectivity index (χ1n) is 6.86. The zero-order valence-electron chi connectivity index (χ0n) is 11.1. The van der Waals surface area contributed by atoms with Crippen LogP contribution in [0.15, 0.2) is 36.7 Å². The number of ether oxygens (including phenoxy) is 1. The van der Waals surface area contributed by atoms with Gasteiger partial charge in [0, 0.05) is 30.8 Å². The van der Waals surface area contributed by atoms with Crippen molar-refractivity contribution in [3.05, 3.63) is 42.2 Å². The van der Waals surface area contributed by atoms with Crippen molar-refractivity contribution in [2.75, 3.05) is 6.54 Å². The number of aromatic nitrogens is 1. The van der Waals surface area contributed by atoms with E-state index in [-0.39, 0.29) is 5.91 Å². The molecule has 21 heavy (non-hydrogen) atoms. The molecule has 0 unspecified atom stereocenters. The SMILES string of the molecule is O=C([O-])[C@@H]1[C@@H]2C=C[C@]3(CN(Cc4ccncc4)C(=O)[C@H]13)O2. The first-order chi connectivity index (χ1) is 10.1. The van der Waals surface area contributed by atoms with E-state index in [1.165, 1.54) is 0 Å². The molecule has 4 heterocycles. The molecular formula is C15H13N2O4-. The van der Waals surface area contributed by atoms with E-state index < -0.39 is 29.5 Å². The summed E-state index contributed by atoms with van der Waals surface area (Å²) in [6.45, 7) is 0.816. The number of likely N-dealkylation sites (tertiary alicyclic amines) is 1. The molecule has 108 valence electrons. The second kappa shape index (κ2) is 4.14. The van der Waals surface area contributed by atoms with Crippen LogP contribution in [0, 0.1) is 11.8 Å². The molecule has 3 aliphatic rings. The van der Waals surface area contributed by atoms with Crippen LogP contribution < -0.4 is 5.11 Å². The summed E-state index contributed by atoms with van der Waals surface area (Å²) in [6.07, 6.45) is 6.38. The van der Waals surface area contributed by atoms with Crippen molar-refractivity contribution in [3.63, 3.8) is 0 Å². The summed E-state index contributed by atoms with van der Waals surface area (Å²) >= 11 is 0. The number of carboxylic acid groups (broad SMARTS) is 1. The van der Waals surface area contributed by atoms with Crippen LogP contribution in [0.25, 0.3) is 0 Å². The van der Waals surface area contributed by atoms with Crippen LogP contribution in [0.5, 0.6) is 0 Å². The molecule has 0 aliphatic carbocycles. The molecule has 4 atom stereocenters. The molecule has 0 aromatic carbocycles. The number of nitrogens with zero attached hydrogens (tertiary/aromatic N) is 2. The van der Waals surface area contributed by atoms with Crippen molar-refractivity contribution in [2.45, 2.75) is 18.2 Å². The van der Waals surface area contributed by atoms with Crippen LogP contribution in [0.2, 0.25) is 0 Å². The Morgan fingerprint density at radius 3 is 2.95 bits per heavy atom. The molecule has 6 nitrogen and oxygen atoms in total. The summed E-state index contributed by atoms with van der Waals surface area (Å²) in [4.78, 5) is 29.5. The van der Waals surface area contributed by atoms with Gasteiger partial charge >= 0.3 is 0 Å². The third-order valence-corrected chi connectivity index (χ3v) is 4.57. The number of carbonyl (C=O) groups excluding carboxylic acids is 2. The topological polar surface area (TPSA) is 82.6 Å². The van der Waals surface area contributed by atoms with Crippen LogP contribution in [0.1, 0.15) is 5.56 Å². The zero-order chi connectivity index (χ0) is 14.6. The van der Waals surface area contributed by atoms with E-state index in [0.717, 1.165) is 5.56 Å². The number of fused-ring (bicyclic) bond motifs is 1. The largest absolute Gasteiger partial charge is 0.550 e. The van der Waals surface area contributed by atoms with Gasteiger partial charge in [-0.2, -0.15) is 0 Å². The molecule has 1 amide bonds. The molecule has 3 aliphatic heterocycles. The lowest BCUT2D eigenvalue weighted by Crippen LogP contribution is -2.45. The van der Waals surface area contributed by atoms with E-state index in [1.807, 2.05) is 18.2 Å². The maximum Gasteiger partial charge on any atom is 0.230 e. The fourth-order valence-corrected chi connectivity index (χ4v) is 3.69. The van der Waals surface area contributed by atoms with Crippen molar-refractivity contribution < 1.29 is 19.4 Å². The summed E-state index contributed by atoms with van der Waals surface area (Å²) in [5, 5.41) is 11.3. The smallest absolute Gasteiger partial charge is 0.230 e. The summed E-state index contributed by atoms with van der Waals surface area (Å²) in [6, 6.07) is 3.67. The highest BCUT2D eigenvalue weighted by atomic mass is 16.5. The summed E-state index contributed by atoms with van der Waals surface area (Å²) in [7, 11) is 0. The molecule has 0 N–H and O–H groups in total. The van der Waals surface area contributed by atoms with E-state index in [1.54, 1.807) is 23.4 Å². The van der Waals surface area contributed by atoms with Crippen molar-refractivity contribution in [2.24, 2.45) is 11.8 Å². The highest BCUT2D eigenvalue weighted by molar-refractivity contribution is 5.90. The molecular weight excluding hydrogens is 272 g/mol. The Bertz CT molecular complexity index is 644. The third kappa shape index (κ3) is 1.65. The van der Waals surface area contributed by atoms with Crippen molar-refractivity contribution >= 4 is 11.9 Å². The molecule has 2 fully saturated rings. The Hall–Kier alpha value is -2.21. The minimum Gasteiger partial charge on any atom is -0.550 e. The van der Waals surface area contributed by atoms with Gasteiger partial charge in [0.2, 0.25) is 5.91 Å². The van der Waals surface area contributed by atoms with Gasteiger partial charge in [0.15, 0.2) is 0 Å². The molecule has 2 saturated heterocycles. The summed E-state index contributed by atoms with van der Waals surface area (Å²) in [5.74, 6) is -2.94. The second-order valence-corrected chi connectivity index (χ2v) is 5.77. The number of carboxylic acids is 1. The van der Waals surface area contributed by atoms with Crippen molar-refractivity contribution in [3.8, 4) is 0 Å². The average molecular weight is 285 g/mol. The van der Waals surface area contributed by atoms with Gasteiger partial charge in [-0.05, 0) is 17.7 Å². The van der Waals surface area contributed by atoms with Gasteiger partial charge in [-0.25, -0.2) is 0 Å². The molecule has 4 rings (SSSR count). The number of carbonyl (C=O) groups is 2. The van der Waals surface area contributed by atoms with Crippen LogP contribution in [0.4, 0.5) is 0 Å². The van der Waals surface area contributed by atoms with Gasteiger partial charge < -0.3 is 19.5 Å². The maximum atomic E-state index is 12.6. The van der Waals surface area contributed by atoms with Gasteiger partial charge in [0.1, 0.15) is 5.60 Å². The first kappa shape index (κ1) is 12.5. The normalized spacial score (nSPS) is 36.3. The zero-order valence-corrected chi connectivity index (χ0v) is 11.1. The number of rotatable bonds is 3. The fourth-order valence-electron chi connectivity index (χ4n) is 3.69. The minimum absolute atomic E-state index is 0.173. The molecule has 6 heteroatoms. The number of hydrogen-bond donors (Lipinski definition) is 0. The maximum absolute atomic E-state index is 12.6. The Kier molecular flexibility index (Phi) is 2.47. The number of aliphatic carboxylic acids is 1. The lowest BCUT2D eigenvalue weighted by atomic mass is 9.77. The quantitative estimate of drug-likeness (QED) is 0.673. The van der Waals surface area contributed by atoms with Gasteiger partial charge in [0.05, 0.1) is 18.6 Å². The molecule has 2 bridgehead atoms. The molecule has 0 saturated carbocycles. The van der Waals surface area contributed by atoms with Gasteiger partial charge in [-0.3, -0.25) is 9.78 Å². The molecule has 1 aromatic heterocycles. The Balaban J connectivity index is 1.63. The van der Waals surface area contributed by atoms with E-state index >= 15 is 0 Å². The van der Waals surface area contributed by atoms with Crippen LogP contribution in [-0.4, -0.2) is 40.0 Å². The molecule has 1 aromatic rings. The van der Waals surface area contributed by atoms with Crippen LogP contribution in [-0.2, 0) is 20.9 Å².